The summed E-state index contributed by atoms with van der Waals surface area (Å²) < 4.78 is 4.86. The van der Waals surface area contributed by atoms with Crippen LogP contribution in [0.5, 0.6) is 5.75 Å². The first-order valence-electron chi connectivity index (χ1n) is 4.93. The Morgan fingerprint density at radius 1 is 1.54 bits per heavy atom. The number of hydrogen-bond donors (Lipinski definition) is 0. The molecule has 1 heterocycles. The van der Waals surface area contributed by atoms with E-state index in [1.165, 1.54) is 25.7 Å². The molecule has 0 atom stereocenters. The van der Waals surface area contributed by atoms with E-state index in [0.717, 1.165) is 11.7 Å². The Bertz CT molecular complexity index is 202. The Morgan fingerprint density at radius 2 is 2.31 bits per heavy atom. The lowest BCUT2D eigenvalue weighted by atomic mass is 10.2. The summed E-state index contributed by atoms with van der Waals surface area (Å²) in [4.78, 5) is 0. The van der Waals surface area contributed by atoms with Crippen LogP contribution in [0.1, 0.15) is 32.6 Å². The third-order valence-corrected chi connectivity index (χ3v) is 2.79. The molecule has 0 aliphatic heterocycles. The van der Waals surface area contributed by atoms with Crippen LogP contribution in [-0.2, 0) is 0 Å². The molecular weight excluding hydrogens is 180 g/mol. The van der Waals surface area contributed by atoms with Gasteiger partial charge in [0.2, 0.25) is 0 Å². The largest absolute Gasteiger partial charge is 0.496 e. The third kappa shape index (κ3) is 4.94. The monoisotopic (exact) mass is 198 g/mol. The van der Waals surface area contributed by atoms with E-state index in [-0.39, 0.29) is 0 Å². The highest BCUT2D eigenvalue weighted by Crippen LogP contribution is 2.32. The van der Waals surface area contributed by atoms with Crippen LogP contribution in [0.25, 0.3) is 0 Å². The van der Waals surface area contributed by atoms with Gasteiger partial charge in [-0.15, -0.1) is 11.3 Å². The maximum Gasteiger partial charge on any atom is 0.129 e. The predicted octanol–water partition coefficient (Wildman–Crippen LogP) is 3.95. The second-order valence-electron chi connectivity index (χ2n) is 3.40. The van der Waals surface area contributed by atoms with E-state index >= 15 is 0 Å². The maximum absolute atomic E-state index is 4.86. The smallest absolute Gasteiger partial charge is 0.129 e. The van der Waals surface area contributed by atoms with E-state index in [2.05, 4.69) is 6.92 Å². The first-order chi connectivity index (χ1) is 6.36. The second kappa shape index (κ2) is 6.03. The number of thiophene rings is 1. The zero-order chi connectivity index (χ0) is 9.52. The van der Waals surface area contributed by atoms with E-state index in [1.807, 2.05) is 16.8 Å². The molecule has 0 aromatic carbocycles. The Hall–Kier alpha value is -0.500. The molecule has 74 valence electrons. The molecule has 1 aromatic rings. The second-order valence-corrected chi connectivity index (χ2v) is 4.18. The average Bonchev–Trinajstić information content (AvgIpc) is 2.83. The summed E-state index contributed by atoms with van der Waals surface area (Å²) in [6, 6.07) is 1.94. The van der Waals surface area contributed by atoms with Gasteiger partial charge in [0.05, 0.1) is 7.11 Å². The minimum absolute atomic E-state index is 0.949. The van der Waals surface area contributed by atoms with Gasteiger partial charge in [-0.05, 0) is 17.4 Å². The van der Waals surface area contributed by atoms with Crippen LogP contribution in [-0.4, -0.2) is 7.11 Å². The van der Waals surface area contributed by atoms with E-state index in [0.29, 0.717) is 0 Å². The van der Waals surface area contributed by atoms with Crippen LogP contribution in [0.3, 0.4) is 0 Å². The summed E-state index contributed by atoms with van der Waals surface area (Å²) in [5.41, 5.74) is 0. The first-order valence-corrected chi connectivity index (χ1v) is 5.87. The average molecular weight is 198 g/mol. The molecule has 2 rings (SSSR count). The number of hydrogen-bond acceptors (Lipinski definition) is 2. The van der Waals surface area contributed by atoms with E-state index < -0.39 is 0 Å². The van der Waals surface area contributed by atoms with E-state index in [4.69, 9.17) is 4.74 Å². The fourth-order valence-electron chi connectivity index (χ4n) is 1.18. The van der Waals surface area contributed by atoms with Crippen LogP contribution in [0, 0.1) is 5.92 Å². The van der Waals surface area contributed by atoms with E-state index in [1.54, 1.807) is 18.4 Å². The van der Waals surface area contributed by atoms with Crippen molar-refractivity contribution >= 4 is 11.3 Å². The third-order valence-electron chi connectivity index (χ3n) is 2.12. The Kier molecular flexibility index (Phi) is 4.91. The van der Waals surface area contributed by atoms with E-state index in [9.17, 15) is 0 Å². The minimum Gasteiger partial charge on any atom is -0.496 e. The standard InChI is InChI=1S/C6H12.C5H6OS/c1-2-3-6-4-5-6;1-6-5-2-3-7-4-5/h6H,2-5H2,1H3;2-4H,1H3. The summed E-state index contributed by atoms with van der Waals surface area (Å²) in [6.45, 7) is 2.26. The molecule has 0 unspecified atom stereocenters. The van der Waals surface area contributed by atoms with Gasteiger partial charge in [0.15, 0.2) is 0 Å². The van der Waals surface area contributed by atoms with Crippen molar-refractivity contribution in [3.63, 3.8) is 0 Å². The summed E-state index contributed by atoms with van der Waals surface area (Å²) in [7, 11) is 1.67. The molecule has 1 nitrogen and oxygen atoms in total. The quantitative estimate of drug-likeness (QED) is 0.714. The van der Waals surface area contributed by atoms with Gasteiger partial charge in [-0.3, -0.25) is 0 Å². The molecule has 1 fully saturated rings. The zero-order valence-corrected chi connectivity index (χ0v) is 9.27. The Labute approximate surface area is 84.7 Å². The molecule has 2 heteroatoms. The Morgan fingerprint density at radius 3 is 2.54 bits per heavy atom. The summed E-state index contributed by atoms with van der Waals surface area (Å²) >= 11 is 1.64. The van der Waals surface area contributed by atoms with Gasteiger partial charge in [-0.25, -0.2) is 0 Å². The molecule has 0 radical (unpaired) electrons. The van der Waals surface area contributed by atoms with Crippen molar-refractivity contribution < 1.29 is 4.74 Å². The fraction of sp³-hybridized carbons (Fsp3) is 0.636. The van der Waals surface area contributed by atoms with Gasteiger partial charge in [-0.2, -0.15) is 0 Å². The van der Waals surface area contributed by atoms with Gasteiger partial charge in [0.25, 0.3) is 0 Å². The molecule has 0 saturated heterocycles. The SMILES string of the molecule is CCCC1CC1.COc1ccsc1. The number of rotatable bonds is 3. The number of methoxy groups -OCH3 is 1. The van der Waals surface area contributed by atoms with Crippen molar-refractivity contribution in [3.05, 3.63) is 16.8 Å². The summed E-state index contributed by atoms with van der Waals surface area (Å²) in [5.74, 6) is 2.10. The highest BCUT2D eigenvalue weighted by molar-refractivity contribution is 7.08. The molecule has 0 bridgehead atoms. The molecule has 1 aromatic heterocycles. The van der Waals surface area contributed by atoms with Crippen LogP contribution in [0.4, 0.5) is 0 Å². The molecule has 0 spiro atoms. The number of ether oxygens (including phenoxy) is 1. The predicted molar refractivity (Wildman–Crippen MR) is 58.5 cm³/mol. The molecule has 13 heavy (non-hydrogen) atoms. The lowest BCUT2D eigenvalue weighted by Crippen LogP contribution is -1.74. The summed E-state index contributed by atoms with van der Waals surface area (Å²) in [6.07, 6.45) is 5.92. The molecule has 0 N–H and O–H groups in total. The normalized spacial score (nSPS) is 14.6. The van der Waals surface area contributed by atoms with Crippen LogP contribution in [0.15, 0.2) is 16.8 Å². The van der Waals surface area contributed by atoms with Crippen LogP contribution >= 0.6 is 11.3 Å². The topological polar surface area (TPSA) is 9.23 Å². The molecule has 1 aliphatic rings. The van der Waals surface area contributed by atoms with Crippen molar-refractivity contribution in [1.82, 2.24) is 0 Å². The lowest BCUT2D eigenvalue weighted by Gasteiger charge is -1.86. The van der Waals surface area contributed by atoms with Crippen molar-refractivity contribution in [3.8, 4) is 5.75 Å². The van der Waals surface area contributed by atoms with Crippen molar-refractivity contribution in [2.24, 2.45) is 5.92 Å². The van der Waals surface area contributed by atoms with Gasteiger partial charge in [0, 0.05) is 5.38 Å². The fourth-order valence-corrected chi connectivity index (χ4v) is 1.78. The molecule has 1 aliphatic carbocycles. The highest BCUT2D eigenvalue weighted by atomic mass is 32.1. The highest BCUT2D eigenvalue weighted by Gasteiger charge is 2.18. The van der Waals surface area contributed by atoms with Gasteiger partial charge in [0.1, 0.15) is 5.75 Å². The molecule has 0 amide bonds. The molecule has 1 saturated carbocycles. The Balaban J connectivity index is 0.000000132. The van der Waals surface area contributed by atoms with Crippen LogP contribution < -0.4 is 4.74 Å². The zero-order valence-electron chi connectivity index (χ0n) is 8.45. The molecular formula is C11H18OS. The van der Waals surface area contributed by atoms with Gasteiger partial charge < -0.3 is 4.74 Å². The van der Waals surface area contributed by atoms with Crippen molar-refractivity contribution in [2.75, 3.05) is 7.11 Å². The maximum atomic E-state index is 4.86. The van der Waals surface area contributed by atoms with Crippen molar-refractivity contribution in [2.45, 2.75) is 32.6 Å². The lowest BCUT2D eigenvalue weighted by molar-refractivity contribution is 0.417. The van der Waals surface area contributed by atoms with Gasteiger partial charge >= 0.3 is 0 Å². The van der Waals surface area contributed by atoms with Crippen molar-refractivity contribution in [1.29, 1.82) is 0 Å². The first kappa shape index (κ1) is 10.6. The van der Waals surface area contributed by atoms with Crippen LogP contribution in [0.2, 0.25) is 0 Å². The summed E-state index contributed by atoms with van der Waals surface area (Å²) in [5, 5.41) is 3.94. The van der Waals surface area contributed by atoms with Gasteiger partial charge in [-0.1, -0.05) is 32.6 Å². The minimum atomic E-state index is 0.949.